The number of nitrogens with one attached hydrogen (secondary N) is 1. The van der Waals surface area contributed by atoms with Gasteiger partial charge in [0.1, 0.15) is 35.7 Å². The van der Waals surface area contributed by atoms with Crippen molar-refractivity contribution in [2.45, 2.75) is 62.6 Å². The number of likely N-dealkylation sites (tertiary alicyclic amines) is 1. The number of hydrogen-bond donors (Lipinski definition) is 1. The van der Waals surface area contributed by atoms with Gasteiger partial charge in [-0.05, 0) is 57.2 Å². The van der Waals surface area contributed by atoms with Crippen molar-refractivity contribution in [3.05, 3.63) is 41.3 Å². The van der Waals surface area contributed by atoms with Crippen LogP contribution in [-0.4, -0.2) is 69.2 Å². The maximum atomic E-state index is 14.7. The third-order valence-electron chi connectivity index (χ3n) is 8.30. The van der Waals surface area contributed by atoms with Crippen LogP contribution in [0.1, 0.15) is 43.7 Å². The Balaban J connectivity index is 1.30. The summed E-state index contributed by atoms with van der Waals surface area (Å²) in [5, 5.41) is 3.00. The number of carbonyl (C=O) groups excluding carboxylic acids is 1. The molecule has 2 bridgehead atoms. The molecule has 1 aromatic carbocycles. The lowest BCUT2D eigenvalue weighted by molar-refractivity contribution is -0.00973. The Hall–Kier alpha value is -2.92. The minimum atomic E-state index is -3.52. The van der Waals surface area contributed by atoms with E-state index in [9.17, 15) is 17.6 Å². The first-order valence-corrected chi connectivity index (χ1v) is 15.3. The van der Waals surface area contributed by atoms with Crippen LogP contribution in [0.2, 0.25) is 0 Å². The summed E-state index contributed by atoms with van der Waals surface area (Å²) in [7, 11) is -1.86. The molecule has 0 spiro atoms. The lowest BCUT2D eigenvalue weighted by Crippen LogP contribution is -2.50. The zero-order chi connectivity index (χ0) is 27.9. The monoisotopic (exact) mass is 561 g/mol. The molecule has 2 aliphatic carbocycles. The van der Waals surface area contributed by atoms with E-state index in [1.54, 1.807) is 18.2 Å². The van der Waals surface area contributed by atoms with Gasteiger partial charge in [0.2, 0.25) is 0 Å². The van der Waals surface area contributed by atoms with Gasteiger partial charge in [-0.2, -0.15) is 0 Å². The van der Waals surface area contributed by atoms with E-state index in [0.29, 0.717) is 25.3 Å². The second-order valence-electron chi connectivity index (χ2n) is 11.0. The number of fused-ring (bicyclic) bond motifs is 2. The first kappa shape index (κ1) is 27.6. The van der Waals surface area contributed by atoms with Gasteiger partial charge in [0.05, 0.1) is 10.6 Å². The van der Waals surface area contributed by atoms with Crippen LogP contribution >= 0.6 is 0 Å². The first-order valence-electron chi connectivity index (χ1n) is 13.4. The SMILES string of the molecule is CCc1cnc(Nc2ccc(S(C)(=O)=O)cc2F)c(C)c1OC1C2CCC1CN(C(=O)OCC1(OC)CC1)C2. The largest absolute Gasteiger partial charge is 0.489 e. The number of pyridine rings is 1. The smallest absolute Gasteiger partial charge is 0.409 e. The Morgan fingerprint density at radius 1 is 1.23 bits per heavy atom. The Labute approximate surface area is 228 Å². The summed E-state index contributed by atoms with van der Waals surface area (Å²) in [4.78, 5) is 19.0. The van der Waals surface area contributed by atoms with Gasteiger partial charge in [0, 0.05) is 55.6 Å². The molecule has 9 nitrogen and oxygen atoms in total. The molecule has 1 aliphatic heterocycles. The number of benzene rings is 1. The summed E-state index contributed by atoms with van der Waals surface area (Å²) >= 11 is 0. The molecule has 212 valence electrons. The van der Waals surface area contributed by atoms with Crippen molar-refractivity contribution in [2.75, 3.05) is 38.4 Å². The second kappa shape index (κ2) is 10.6. The number of ether oxygens (including phenoxy) is 3. The second-order valence-corrected chi connectivity index (χ2v) is 13.0. The first-order chi connectivity index (χ1) is 18.5. The van der Waals surface area contributed by atoms with Gasteiger partial charge in [-0.3, -0.25) is 0 Å². The Morgan fingerprint density at radius 2 is 1.92 bits per heavy atom. The molecular weight excluding hydrogens is 525 g/mol. The number of anilines is 2. The normalized spacial score (nSPS) is 23.4. The number of carbonyl (C=O) groups is 1. The van der Waals surface area contributed by atoms with Gasteiger partial charge in [-0.15, -0.1) is 0 Å². The van der Waals surface area contributed by atoms with Crippen LogP contribution < -0.4 is 10.1 Å². The molecule has 1 amide bonds. The van der Waals surface area contributed by atoms with Crippen LogP contribution in [0.5, 0.6) is 5.75 Å². The van der Waals surface area contributed by atoms with E-state index in [-0.39, 0.29) is 46.8 Å². The fourth-order valence-electron chi connectivity index (χ4n) is 5.63. The lowest BCUT2D eigenvalue weighted by atomic mass is 9.94. The van der Waals surface area contributed by atoms with Crippen molar-refractivity contribution in [2.24, 2.45) is 11.8 Å². The Kier molecular flexibility index (Phi) is 7.49. The van der Waals surface area contributed by atoms with Crippen molar-refractivity contribution < 1.29 is 31.8 Å². The quantitative estimate of drug-likeness (QED) is 0.472. The summed E-state index contributed by atoms with van der Waals surface area (Å²) in [5.41, 5.74) is 1.52. The van der Waals surface area contributed by atoms with Gasteiger partial charge in [-0.25, -0.2) is 22.6 Å². The molecule has 1 N–H and O–H groups in total. The van der Waals surface area contributed by atoms with Crippen LogP contribution in [0.4, 0.5) is 20.7 Å². The zero-order valence-electron chi connectivity index (χ0n) is 22.8. The number of aromatic nitrogens is 1. The van der Waals surface area contributed by atoms with Gasteiger partial charge in [0.25, 0.3) is 0 Å². The topological polar surface area (TPSA) is 107 Å². The Morgan fingerprint density at radius 3 is 2.49 bits per heavy atom. The molecule has 0 radical (unpaired) electrons. The van der Waals surface area contributed by atoms with Crippen LogP contribution in [0, 0.1) is 24.6 Å². The molecule has 2 unspecified atom stereocenters. The van der Waals surface area contributed by atoms with Gasteiger partial charge in [0.15, 0.2) is 9.84 Å². The van der Waals surface area contributed by atoms with Crippen LogP contribution in [-0.2, 0) is 25.7 Å². The van der Waals surface area contributed by atoms with E-state index in [2.05, 4.69) is 10.3 Å². The zero-order valence-corrected chi connectivity index (χ0v) is 23.6. The summed E-state index contributed by atoms with van der Waals surface area (Å²) in [6.07, 6.45) is 6.90. The number of piperidine rings is 1. The molecule has 1 aromatic heterocycles. The van der Waals surface area contributed by atoms with E-state index in [0.717, 1.165) is 54.9 Å². The average Bonchev–Trinajstić information content (AvgIpc) is 3.65. The van der Waals surface area contributed by atoms with Crippen molar-refractivity contribution in [3.63, 3.8) is 0 Å². The third kappa shape index (κ3) is 5.70. The van der Waals surface area contributed by atoms with Crippen LogP contribution in [0.25, 0.3) is 0 Å². The highest BCUT2D eigenvalue weighted by Crippen LogP contribution is 2.43. The molecule has 11 heteroatoms. The summed E-state index contributed by atoms with van der Waals surface area (Å²) in [6, 6.07) is 3.76. The predicted molar refractivity (Wildman–Crippen MR) is 144 cm³/mol. The number of methoxy groups -OCH3 is 1. The predicted octanol–water partition coefficient (Wildman–Crippen LogP) is 4.64. The number of nitrogens with zero attached hydrogens (tertiary/aromatic N) is 2. The number of aryl methyl sites for hydroxylation is 1. The minimum absolute atomic E-state index is 0.0483. The number of sulfone groups is 1. The molecule has 2 aromatic rings. The van der Waals surface area contributed by atoms with Crippen molar-refractivity contribution in [1.29, 1.82) is 0 Å². The highest BCUT2D eigenvalue weighted by atomic mass is 32.2. The van der Waals surface area contributed by atoms with Crippen molar-refractivity contribution in [3.8, 4) is 5.75 Å². The Bertz CT molecular complexity index is 1350. The molecule has 39 heavy (non-hydrogen) atoms. The maximum Gasteiger partial charge on any atom is 0.409 e. The number of halogens is 1. The number of rotatable bonds is 9. The third-order valence-corrected chi connectivity index (χ3v) is 9.41. The van der Waals surface area contributed by atoms with Crippen LogP contribution in [0.15, 0.2) is 29.3 Å². The molecule has 1 saturated heterocycles. The molecule has 5 rings (SSSR count). The van der Waals surface area contributed by atoms with E-state index < -0.39 is 15.7 Å². The minimum Gasteiger partial charge on any atom is -0.489 e. The van der Waals surface area contributed by atoms with E-state index in [1.165, 1.54) is 12.1 Å². The number of amides is 1. The van der Waals surface area contributed by atoms with Gasteiger partial charge < -0.3 is 24.4 Å². The fraction of sp³-hybridized carbons (Fsp3) is 0.571. The molecule has 2 heterocycles. The van der Waals surface area contributed by atoms with Crippen molar-refractivity contribution >= 4 is 27.4 Å². The summed E-state index contributed by atoms with van der Waals surface area (Å²) < 4.78 is 56.0. The molecule has 3 fully saturated rings. The lowest BCUT2D eigenvalue weighted by Gasteiger charge is -2.38. The highest BCUT2D eigenvalue weighted by Gasteiger charge is 2.47. The van der Waals surface area contributed by atoms with E-state index in [1.807, 2.05) is 13.8 Å². The van der Waals surface area contributed by atoms with E-state index in [4.69, 9.17) is 14.2 Å². The molecule has 2 saturated carbocycles. The molecule has 2 atom stereocenters. The summed E-state index contributed by atoms with van der Waals surface area (Å²) in [5.74, 6) is 0.841. The van der Waals surface area contributed by atoms with Crippen LogP contribution in [0.3, 0.4) is 0 Å². The van der Waals surface area contributed by atoms with Crippen molar-refractivity contribution in [1.82, 2.24) is 9.88 Å². The number of hydrogen-bond acceptors (Lipinski definition) is 8. The standard InChI is InChI=1S/C28H36FN3O6S/c1-5-18-13-30-26(31-23-9-8-21(12-22(23)29)39(4,34)35)17(2)24(18)38-25-19-6-7-20(25)15-32(14-19)27(33)37-16-28(36-3)10-11-28/h8-9,12-13,19-20,25H,5-7,10-11,14-16H2,1-4H3,(H,30,31). The average molecular weight is 562 g/mol. The van der Waals surface area contributed by atoms with E-state index >= 15 is 0 Å². The highest BCUT2D eigenvalue weighted by molar-refractivity contribution is 7.90. The van der Waals surface area contributed by atoms with Gasteiger partial charge in [-0.1, -0.05) is 6.92 Å². The molecule has 3 aliphatic rings. The maximum absolute atomic E-state index is 14.7. The summed E-state index contributed by atoms with van der Waals surface area (Å²) in [6.45, 7) is 5.35. The molecular formula is C28H36FN3O6S. The van der Waals surface area contributed by atoms with Gasteiger partial charge >= 0.3 is 6.09 Å². The fourth-order valence-corrected chi connectivity index (χ4v) is 6.26.